The molecule has 1 aromatic rings. The number of ether oxygens (including phenoxy) is 1. The van der Waals surface area contributed by atoms with E-state index in [-0.39, 0.29) is 6.10 Å². The monoisotopic (exact) mass is 309 g/mol. The fourth-order valence-electron chi connectivity index (χ4n) is 2.74. The third-order valence-electron chi connectivity index (χ3n) is 4.09. The van der Waals surface area contributed by atoms with Gasteiger partial charge >= 0.3 is 0 Å². The molecule has 1 saturated carbocycles. The average molecular weight is 310 g/mol. The molecule has 0 bridgehead atoms. The van der Waals surface area contributed by atoms with Crippen molar-refractivity contribution in [3.63, 3.8) is 0 Å². The lowest BCUT2D eigenvalue weighted by molar-refractivity contribution is 0.228. The maximum Gasteiger partial charge on any atom is 0.235 e. The molecule has 2 fully saturated rings. The normalized spacial score (nSPS) is 23.8. The number of halogens is 1. The number of nitrogens with zero attached hydrogens (tertiary/aromatic N) is 1. The van der Waals surface area contributed by atoms with Gasteiger partial charge in [-0.3, -0.25) is 0 Å². The summed E-state index contributed by atoms with van der Waals surface area (Å²) >= 11 is 8.23. The molecule has 0 amide bonds. The first-order chi connectivity index (χ1) is 9.73. The van der Waals surface area contributed by atoms with Gasteiger partial charge in [-0.2, -0.15) is 16.8 Å². The summed E-state index contributed by atoms with van der Waals surface area (Å²) in [6.45, 7) is 0. The number of thioether (sulfide) groups is 1. The van der Waals surface area contributed by atoms with Crippen LogP contribution in [-0.2, 0) is 10.3 Å². The maximum absolute atomic E-state index is 10.6. The van der Waals surface area contributed by atoms with Gasteiger partial charge in [-0.25, -0.2) is 4.79 Å². The standard InChI is InChI=1S/C15H16ClNO2S/c16-13-8-11(15(17-10-18)5-1-6-15)2-3-14(13)19-12-4-7-20-9-12/h2-3,8,12H,1,4-7,9H2. The third kappa shape index (κ3) is 2.60. The molecule has 1 aliphatic carbocycles. The van der Waals surface area contributed by atoms with E-state index in [1.165, 1.54) is 0 Å². The Morgan fingerprint density at radius 2 is 2.30 bits per heavy atom. The average Bonchev–Trinajstić information content (AvgIpc) is 2.89. The number of aliphatic imine (C=N–C) groups is 1. The molecule has 0 aromatic heterocycles. The van der Waals surface area contributed by atoms with Crippen molar-refractivity contribution in [2.45, 2.75) is 37.3 Å². The van der Waals surface area contributed by atoms with Gasteiger partial charge in [-0.1, -0.05) is 17.7 Å². The Kier molecular flexibility index (Phi) is 4.06. The van der Waals surface area contributed by atoms with Crippen LogP contribution in [0.3, 0.4) is 0 Å². The highest BCUT2D eigenvalue weighted by atomic mass is 35.5. The van der Waals surface area contributed by atoms with E-state index in [1.54, 1.807) is 6.08 Å². The van der Waals surface area contributed by atoms with Crippen LogP contribution in [0.25, 0.3) is 0 Å². The van der Waals surface area contributed by atoms with Crippen LogP contribution in [0, 0.1) is 0 Å². The van der Waals surface area contributed by atoms with Crippen LogP contribution >= 0.6 is 23.4 Å². The van der Waals surface area contributed by atoms with Gasteiger partial charge in [-0.05, 0) is 49.1 Å². The minimum Gasteiger partial charge on any atom is -0.488 e. The Morgan fingerprint density at radius 1 is 1.45 bits per heavy atom. The van der Waals surface area contributed by atoms with Crippen molar-refractivity contribution in [3.05, 3.63) is 28.8 Å². The van der Waals surface area contributed by atoms with Crippen LogP contribution in [0.15, 0.2) is 23.2 Å². The summed E-state index contributed by atoms with van der Waals surface area (Å²) in [4.78, 5) is 14.6. The van der Waals surface area contributed by atoms with Gasteiger partial charge in [0.2, 0.25) is 6.08 Å². The van der Waals surface area contributed by atoms with Crippen molar-refractivity contribution in [1.29, 1.82) is 0 Å². The number of isocyanates is 1. The SMILES string of the molecule is O=C=NC1(c2ccc(OC3CCSC3)c(Cl)c2)CCC1. The van der Waals surface area contributed by atoms with Crippen LogP contribution < -0.4 is 4.74 Å². The molecular formula is C15H16ClNO2S. The molecule has 1 atom stereocenters. The summed E-state index contributed by atoms with van der Waals surface area (Å²) < 4.78 is 5.92. The Morgan fingerprint density at radius 3 is 2.85 bits per heavy atom. The summed E-state index contributed by atoms with van der Waals surface area (Å²) in [7, 11) is 0. The first-order valence-electron chi connectivity index (χ1n) is 6.87. The van der Waals surface area contributed by atoms with Crippen molar-refractivity contribution in [2.24, 2.45) is 4.99 Å². The predicted octanol–water partition coefficient (Wildman–Crippen LogP) is 3.94. The van der Waals surface area contributed by atoms with Crippen LogP contribution in [0.2, 0.25) is 5.02 Å². The zero-order valence-corrected chi connectivity index (χ0v) is 12.7. The molecule has 20 heavy (non-hydrogen) atoms. The van der Waals surface area contributed by atoms with Crippen LogP contribution in [0.5, 0.6) is 5.75 Å². The number of benzene rings is 1. The fourth-order valence-corrected chi connectivity index (χ4v) is 4.05. The van der Waals surface area contributed by atoms with E-state index in [0.29, 0.717) is 5.02 Å². The number of carbonyl (C=O) groups excluding carboxylic acids is 1. The smallest absolute Gasteiger partial charge is 0.235 e. The molecule has 1 heterocycles. The Balaban J connectivity index is 1.81. The molecule has 1 unspecified atom stereocenters. The Bertz CT molecular complexity index is 547. The Labute approximate surface area is 127 Å². The molecule has 1 aliphatic heterocycles. The quantitative estimate of drug-likeness (QED) is 0.624. The molecule has 3 nitrogen and oxygen atoms in total. The van der Waals surface area contributed by atoms with Crippen molar-refractivity contribution >= 4 is 29.4 Å². The topological polar surface area (TPSA) is 38.7 Å². The fraction of sp³-hybridized carbons (Fsp3) is 0.533. The summed E-state index contributed by atoms with van der Waals surface area (Å²) in [6, 6.07) is 5.77. The molecule has 106 valence electrons. The van der Waals surface area contributed by atoms with Gasteiger partial charge in [0.05, 0.1) is 10.6 Å². The van der Waals surface area contributed by atoms with Gasteiger partial charge in [0, 0.05) is 5.75 Å². The highest BCUT2D eigenvalue weighted by Gasteiger charge is 2.39. The second-order valence-corrected chi connectivity index (χ2v) is 6.89. The van der Waals surface area contributed by atoms with Gasteiger partial charge in [0.25, 0.3) is 0 Å². The van der Waals surface area contributed by atoms with Crippen LogP contribution in [0.4, 0.5) is 0 Å². The van der Waals surface area contributed by atoms with E-state index in [1.807, 2.05) is 30.0 Å². The van der Waals surface area contributed by atoms with Crippen molar-refractivity contribution in [2.75, 3.05) is 11.5 Å². The Hall–Kier alpha value is -0.960. The summed E-state index contributed by atoms with van der Waals surface area (Å²) in [6.07, 6.45) is 5.89. The maximum atomic E-state index is 10.6. The zero-order chi connectivity index (χ0) is 14.0. The number of hydrogen-bond acceptors (Lipinski definition) is 4. The minimum atomic E-state index is -0.396. The molecule has 0 N–H and O–H groups in total. The lowest BCUT2D eigenvalue weighted by Crippen LogP contribution is -2.31. The molecule has 1 saturated heterocycles. The second-order valence-electron chi connectivity index (χ2n) is 5.34. The van der Waals surface area contributed by atoms with Crippen molar-refractivity contribution < 1.29 is 9.53 Å². The second kappa shape index (κ2) is 5.80. The van der Waals surface area contributed by atoms with Gasteiger partial charge in [-0.15, -0.1) is 0 Å². The molecule has 0 radical (unpaired) electrons. The van der Waals surface area contributed by atoms with Crippen LogP contribution in [0.1, 0.15) is 31.2 Å². The number of rotatable bonds is 4. The summed E-state index contributed by atoms with van der Waals surface area (Å²) in [5, 5.41) is 0.603. The molecular weight excluding hydrogens is 294 g/mol. The highest BCUT2D eigenvalue weighted by molar-refractivity contribution is 7.99. The zero-order valence-electron chi connectivity index (χ0n) is 11.1. The highest BCUT2D eigenvalue weighted by Crippen LogP contribution is 2.46. The largest absolute Gasteiger partial charge is 0.488 e. The van der Waals surface area contributed by atoms with E-state index < -0.39 is 5.54 Å². The van der Waals surface area contributed by atoms with E-state index in [9.17, 15) is 4.79 Å². The predicted molar refractivity (Wildman–Crippen MR) is 81.5 cm³/mol. The molecule has 1 aromatic carbocycles. The number of hydrogen-bond donors (Lipinski definition) is 0. The van der Waals surface area contributed by atoms with E-state index in [2.05, 4.69) is 4.99 Å². The molecule has 5 heteroatoms. The van der Waals surface area contributed by atoms with E-state index >= 15 is 0 Å². The van der Waals surface area contributed by atoms with Crippen LogP contribution in [-0.4, -0.2) is 23.7 Å². The summed E-state index contributed by atoms with van der Waals surface area (Å²) in [5.41, 5.74) is 0.595. The molecule has 2 aliphatic rings. The summed E-state index contributed by atoms with van der Waals surface area (Å²) in [5.74, 6) is 2.90. The minimum absolute atomic E-state index is 0.258. The molecule has 3 rings (SSSR count). The molecule has 0 spiro atoms. The first-order valence-corrected chi connectivity index (χ1v) is 8.40. The lowest BCUT2D eigenvalue weighted by atomic mass is 9.72. The van der Waals surface area contributed by atoms with E-state index in [4.69, 9.17) is 16.3 Å². The lowest BCUT2D eigenvalue weighted by Gasteiger charge is -2.37. The first kappa shape index (κ1) is 14.0. The van der Waals surface area contributed by atoms with Gasteiger partial charge < -0.3 is 4.74 Å². The van der Waals surface area contributed by atoms with Gasteiger partial charge in [0.15, 0.2) is 0 Å². The van der Waals surface area contributed by atoms with Gasteiger partial charge in [0.1, 0.15) is 11.9 Å². The van der Waals surface area contributed by atoms with Crippen molar-refractivity contribution in [1.82, 2.24) is 0 Å². The third-order valence-corrected chi connectivity index (χ3v) is 5.52. The van der Waals surface area contributed by atoms with E-state index in [0.717, 1.165) is 48.5 Å². The van der Waals surface area contributed by atoms with Crippen molar-refractivity contribution in [3.8, 4) is 5.75 Å².